The molecule has 0 atom stereocenters. The van der Waals surface area contributed by atoms with E-state index in [2.05, 4.69) is 138 Å². The molecule has 0 amide bonds. The van der Waals surface area contributed by atoms with E-state index < -0.39 is 0 Å². The second-order valence-electron chi connectivity index (χ2n) is 13.0. The molecule has 0 bridgehead atoms. The molecule has 0 aliphatic heterocycles. The van der Waals surface area contributed by atoms with Crippen LogP contribution in [0.2, 0.25) is 0 Å². The lowest BCUT2D eigenvalue weighted by atomic mass is 9.40. The Balaban J connectivity index is 0. The summed E-state index contributed by atoms with van der Waals surface area (Å²) in [6.45, 7) is 45.5. The van der Waals surface area contributed by atoms with E-state index in [1.165, 1.54) is 33.4 Å². The Bertz CT molecular complexity index is 698. The van der Waals surface area contributed by atoms with Gasteiger partial charge in [0.05, 0.1) is 0 Å². The molecule has 0 radical (unpaired) electrons. The number of rotatable bonds is 1. The summed E-state index contributed by atoms with van der Waals surface area (Å²) in [5.41, 5.74) is 12.9. The van der Waals surface area contributed by atoms with Gasteiger partial charge in [0.25, 0.3) is 0 Å². The molecule has 0 aromatic carbocycles. The normalized spacial score (nSPS) is 19.5. The Hall–Kier alpha value is -1.04. The smallest absolute Gasteiger partial charge is 0.00881 e. The maximum atomic E-state index is 2.44. The van der Waals surface area contributed by atoms with Crippen molar-refractivity contribution in [2.45, 2.75) is 138 Å². The van der Waals surface area contributed by atoms with Crippen molar-refractivity contribution in [2.24, 2.45) is 21.7 Å². The predicted octanol–water partition coefficient (Wildman–Crippen LogP) is 11.5. The van der Waals surface area contributed by atoms with Gasteiger partial charge in [0, 0.05) is 0 Å². The van der Waals surface area contributed by atoms with Gasteiger partial charge in [-0.3, -0.25) is 0 Å². The summed E-state index contributed by atoms with van der Waals surface area (Å²) in [4.78, 5) is 0. The van der Waals surface area contributed by atoms with Crippen molar-refractivity contribution in [3.05, 3.63) is 44.6 Å². The average molecular weight is 445 g/mol. The van der Waals surface area contributed by atoms with Crippen molar-refractivity contribution in [3.8, 4) is 0 Å². The molecule has 0 saturated heterocycles. The van der Waals surface area contributed by atoms with Crippen LogP contribution in [-0.4, -0.2) is 0 Å². The number of hydrogen-bond donors (Lipinski definition) is 0. The Morgan fingerprint density at radius 3 is 0.688 bits per heavy atom. The molecular weight excluding hydrogens is 384 g/mol. The quantitative estimate of drug-likeness (QED) is 0.278. The van der Waals surface area contributed by atoms with Gasteiger partial charge in [-0.05, 0) is 116 Å². The molecule has 0 saturated carbocycles. The maximum absolute atomic E-state index is 2.44. The van der Waals surface area contributed by atoms with Gasteiger partial charge >= 0.3 is 0 Å². The molecule has 0 fully saturated rings. The third-order valence-corrected chi connectivity index (χ3v) is 10.2. The van der Waals surface area contributed by atoms with E-state index >= 15 is 0 Å². The Labute approximate surface area is 204 Å². The SMILES string of the molecule is CC(C)=C(C)C.CC(C)=C(C)C(C)=C(C)C.CC1=C(C)C(C)(C)C(C)(C)C(C)(C)C1(C)C. The van der Waals surface area contributed by atoms with Crippen LogP contribution in [0, 0.1) is 21.7 Å². The Morgan fingerprint density at radius 2 is 0.562 bits per heavy atom. The van der Waals surface area contributed by atoms with E-state index in [0.717, 1.165) is 0 Å². The number of allylic oxidation sites excluding steroid dienone is 8. The summed E-state index contributed by atoms with van der Waals surface area (Å²) in [6.07, 6.45) is 0. The fourth-order valence-corrected chi connectivity index (χ4v) is 4.19. The molecular formula is C32H60. The van der Waals surface area contributed by atoms with Crippen molar-refractivity contribution >= 4 is 0 Å². The monoisotopic (exact) mass is 444 g/mol. The summed E-state index contributed by atoms with van der Waals surface area (Å²) in [7, 11) is 0. The molecule has 0 heterocycles. The van der Waals surface area contributed by atoms with E-state index in [9.17, 15) is 0 Å². The standard InChI is InChI=1S/C16H30.C10H18.C6H12/c1-11-12(2)14(5,6)16(9,10)15(7,8)13(11,3)4;1-7(2)9(5)10(6)8(3)4;1-5(2)6(3)4/h1-10H3;1-6H3;1-4H3. The van der Waals surface area contributed by atoms with Gasteiger partial charge in [0.2, 0.25) is 0 Å². The highest BCUT2D eigenvalue weighted by Gasteiger charge is 2.59. The van der Waals surface area contributed by atoms with Crippen LogP contribution in [0.15, 0.2) is 44.6 Å². The number of hydrogen-bond acceptors (Lipinski definition) is 0. The fraction of sp³-hybridized carbons (Fsp3) is 0.750. The van der Waals surface area contributed by atoms with Crippen LogP contribution in [0.25, 0.3) is 0 Å². The maximum Gasteiger partial charge on any atom is -0.00881 e. The van der Waals surface area contributed by atoms with Crippen LogP contribution in [0.3, 0.4) is 0 Å². The summed E-state index contributed by atoms with van der Waals surface area (Å²) < 4.78 is 0. The van der Waals surface area contributed by atoms with Gasteiger partial charge in [0.1, 0.15) is 0 Å². The molecule has 32 heavy (non-hydrogen) atoms. The van der Waals surface area contributed by atoms with Crippen molar-refractivity contribution in [3.63, 3.8) is 0 Å². The Kier molecular flexibility index (Phi) is 11.8. The van der Waals surface area contributed by atoms with Crippen LogP contribution < -0.4 is 0 Å². The molecule has 0 unspecified atom stereocenters. The van der Waals surface area contributed by atoms with Crippen molar-refractivity contribution in [2.75, 3.05) is 0 Å². The molecule has 1 aliphatic carbocycles. The summed E-state index contributed by atoms with van der Waals surface area (Å²) in [5.74, 6) is 0. The molecule has 1 aliphatic rings. The summed E-state index contributed by atoms with van der Waals surface area (Å²) >= 11 is 0. The molecule has 0 spiro atoms. The highest BCUT2D eigenvalue weighted by Crippen LogP contribution is 2.67. The zero-order valence-corrected chi connectivity index (χ0v) is 26.0. The molecule has 1 rings (SSSR count). The van der Waals surface area contributed by atoms with Crippen LogP contribution in [-0.2, 0) is 0 Å². The second kappa shape index (κ2) is 11.4. The molecule has 188 valence electrons. The lowest BCUT2D eigenvalue weighted by Crippen LogP contribution is -2.56. The van der Waals surface area contributed by atoms with Gasteiger partial charge in [-0.25, -0.2) is 0 Å². The third kappa shape index (κ3) is 6.74. The fourth-order valence-electron chi connectivity index (χ4n) is 4.19. The van der Waals surface area contributed by atoms with Crippen LogP contribution in [0.1, 0.15) is 138 Å². The minimum absolute atomic E-state index is 0.274. The largest absolute Gasteiger partial charge is 0.0778 e. The average Bonchev–Trinajstić information content (AvgIpc) is 2.64. The van der Waals surface area contributed by atoms with E-state index in [4.69, 9.17) is 0 Å². The van der Waals surface area contributed by atoms with Crippen molar-refractivity contribution in [1.82, 2.24) is 0 Å². The summed E-state index contributed by atoms with van der Waals surface area (Å²) in [6, 6.07) is 0. The van der Waals surface area contributed by atoms with E-state index in [0.29, 0.717) is 10.8 Å². The van der Waals surface area contributed by atoms with Crippen LogP contribution >= 0.6 is 0 Å². The topological polar surface area (TPSA) is 0 Å². The molecule has 0 N–H and O–H groups in total. The Morgan fingerprint density at radius 1 is 0.375 bits per heavy atom. The lowest BCUT2D eigenvalue weighted by Gasteiger charge is -2.64. The van der Waals surface area contributed by atoms with Crippen LogP contribution in [0.4, 0.5) is 0 Å². The van der Waals surface area contributed by atoms with Gasteiger partial charge in [-0.2, -0.15) is 0 Å². The van der Waals surface area contributed by atoms with Crippen LogP contribution in [0.5, 0.6) is 0 Å². The minimum Gasteiger partial charge on any atom is -0.0778 e. The zero-order valence-electron chi connectivity index (χ0n) is 26.0. The van der Waals surface area contributed by atoms with Gasteiger partial charge in [-0.15, -0.1) is 0 Å². The molecule has 0 aromatic heterocycles. The summed E-state index contributed by atoms with van der Waals surface area (Å²) in [5, 5.41) is 0. The van der Waals surface area contributed by atoms with Gasteiger partial charge < -0.3 is 0 Å². The second-order valence-corrected chi connectivity index (χ2v) is 13.0. The first-order chi connectivity index (χ1) is 13.9. The van der Waals surface area contributed by atoms with E-state index in [1.807, 2.05) is 0 Å². The first kappa shape index (κ1) is 33.1. The minimum atomic E-state index is 0.274. The van der Waals surface area contributed by atoms with Crippen molar-refractivity contribution in [1.29, 1.82) is 0 Å². The van der Waals surface area contributed by atoms with Gasteiger partial charge in [-0.1, -0.05) is 88.8 Å². The first-order valence-corrected chi connectivity index (χ1v) is 12.5. The predicted molar refractivity (Wildman–Crippen MR) is 151 cm³/mol. The molecule has 0 heteroatoms. The van der Waals surface area contributed by atoms with E-state index in [1.54, 1.807) is 11.1 Å². The zero-order chi connectivity index (χ0) is 26.6. The molecule has 0 aromatic rings. The highest BCUT2D eigenvalue weighted by molar-refractivity contribution is 5.34. The third-order valence-electron chi connectivity index (χ3n) is 10.2. The van der Waals surface area contributed by atoms with Gasteiger partial charge in [0.15, 0.2) is 0 Å². The lowest BCUT2D eigenvalue weighted by molar-refractivity contribution is -0.0824. The van der Waals surface area contributed by atoms with E-state index in [-0.39, 0.29) is 10.8 Å². The van der Waals surface area contributed by atoms with Crippen molar-refractivity contribution < 1.29 is 0 Å². The highest BCUT2D eigenvalue weighted by atomic mass is 14.6. The first-order valence-electron chi connectivity index (χ1n) is 12.5. The molecule has 0 nitrogen and oxygen atoms in total.